The number of hydrogen-bond donors (Lipinski definition) is 1. The van der Waals surface area contributed by atoms with Gasteiger partial charge in [0.25, 0.3) is 0 Å². The average Bonchev–Trinajstić information content (AvgIpc) is 3.03. The van der Waals surface area contributed by atoms with Crippen molar-refractivity contribution in [1.82, 2.24) is 14.9 Å². The van der Waals surface area contributed by atoms with Crippen LogP contribution in [0.3, 0.4) is 0 Å². The number of nitrogens with one attached hydrogen (secondary N) is 1. The Hall–Kier alpha value is -1.49. The monoisotopic (exact) mass is 331 g/mol. The van der Waals surface area contributed by atoms with Crippen LogP contribution in [0.4, 0.5) is 0 Å². The van der Waals surface area contributed by atoms with Crippen LogP contribution >= 0.6 is 11.8 Å². The number of likely N-dealkylation sites (tertiary alicyclic amines) is 1. The van der Waals surface area contributed by atoms with Gasteiger partial charge in [0.15, 0.2) is 0 Å². The molecule has 2 heterocycles. The molecule has 1 saturated heterocycles. The minimum atomic E-state index is 0.191. The molecule has 2 aromatic rings. The summed E-state index contributed by atoms with van der Waals surface area (Å²) in [5, 5.41) is 0.191. The van der Waals surface area contributed by atoms with E-state index in [0.29, 0.717) is 11.8 Å². The van der Waals surface area contributed by atoms with Crippen LogP contribution in [0.5, 0.6) is 0 Å². The minimum absolute atomic E-state index is 0.191. The van der Waals surface area contributed by atoms with Crippen molar-refractivity contribution < 1.29 is 4.79 Å². The quantitative estimate of drug-likeness (QED) is 0.895. The predicted octanol–water partition coefficient (Wildman–Crippen LogP) is 4.15. The number of fused-ring (bicyclic) bond motifs is 1. The second kappa shape index (κ2) is 7.39. The third-order valence-electron chi connectivity index (χ3n) is 4.67. The molecule has 1 fully saturated rings. The fraction of sp³-hybridized carbons (Fsp3) is 0.556. The molecule has 3 rings (SSSR count). The van der Waals surface area contributed by atoms with Crippen molar-refractivity contribution in [2.75, 3.05) is 12.3 Å². The van der Waals surface area contributed by atoms with Crippen LogP contribution in [0.2, 0.25) is 0 Å². The summed E-state index contributed by atoms with van der Waals surface area (Å²) in [5.74, 6) is 1.77. The van der Waals surface area contributed by atoms with Gasteiger partial charge in [-0.1, -0.05) is 19.1 Å². The molecule has 0 aliphatic carbocycles. The summed E-state index contributed by atoms with van der Waals surface area (Å²) in [6, 6.07) is 8.49. The van der Waals surface area contributed by atoms with E-state index in [0.717, 1.165) is 42.7 Å². The van der Waals surface area contributed by atoms with Crippen LogP contribution in [0.1, 0.15) is 50.6 Å². The number of para-hydroxylation sites is 2. The van der Waals surface area contributed by atoms with Gasteiger partial charge < -0.3 is 9.88 Å². The molecule has 2 unspecified atom stereocenters. The maximum atomic E-state index is 12.5. The Morgan fingerprint density at radius 2 is 2.26 bits per heavy atom. The summed E-state index contributed by atoms with van der Waals surface area (Å²) in [7, 11) is 0. The molecule has 0 radical (unpaired) electrons. The third-order valence-corrected chi connectivity index (χ3v) is 5.81. The van der Waals surface area contributed by atoms with Crippen molar-refractivity contribution in [2.45, 2.75) is 50.8 Å². The molecular formula is C18H25N3OS. The molecule has 4 nitrogen and oxygen atoms in total. The molecule has 1 aromatic heterocycles. The van der Waals surface area contributed by atoms with Crippen LogP contribution in [0, 0.1) is 0 Å². The number of carbonyl (C=O) groups excluding carboxylic acids is 1. The van der Waals surface area contributed by atoms with Crippen molar-refractivity contribution in [3.63, 3.8) is 0 Å². The molecule has 2 atom stereocenters. The Kier molecular flexibility index (Phi) is 5.26. The number of H-pyrrole nitrogens is 1. The number of hydrogen-bond acceptors (Lipinski definition) is 3. The van der Waals surface area contributed by atoms with Gasteiger partial charge in [0.2, 0.25) is 5.91 Å². The van der Waals surface area contributed by atoms with Gasteiger partial charge in [0.05, 0.1) is 22.0 Å². The van der Waals surface area contributed by atoms with Crippen LogP contribution in [0.25, 0.3) is 11.0 Å². The number of aromatic nitrogens is 2. The molecule has 1 amide bonds. The van der Waals surface area contributed by atoms with Gasteiger partial charge in [-0.15, -0.1) is 11.8 Å². The van der Waals surface area contributed by atoms with Gasteiger partial charge in [-0.2, -0.15) is 0 Å². The number of imidazole rings is 1. The van der Waals surface area contributed by atoms with Crippen LogP contribution in [-0.4, -0.2) is 39.1 Å². The molecule has 0 bridgehead atoms. The third kappa shape index (κ3) is 3.71. The minimum Gasteiger partial charge on any atom is -0.341 e. The standard InChI is InChI=1S/C18H25N3OS/c1-3-14-8-6-7-11-21(14)17(22)12-23-13(2)18-19-15-9-4-5-10-16(15)20-18/h4-5,9-10,13-14H,3,6-8,11-12H2,1-2H3,(H,19,20). The second-order valence-electron chi connectivity index (χ2n) is 6.24. The Balaban J connectivity index is 1.59. The highest BCUT2D eigenvalue weighted by Crippen LogP contribution is 2.29. The number of nitrogens with zero attached hydrogens (tertiary/aromatic N) is 2. The molecular weight excluding hydrogens is 306 g/mol. The van der Waals surface area contributed by atoms with E-state index in [9.17, 15) is 4.79 Å². The summed E-state index contributed by atoms with van der Waals surface area (Å²) in [6.45, 7) is 5.22. The largest absolute Gasteiger partial charge is 0.341 e. The number of thioether (sulfide) groups is 1. The van der Waals surface area contributed by atoms with Crippen molar-refractivity contribution in [3.8, 4) is 0 Å². The first-order valence-corrected chi connectivity index (χ1v) is 9.59. The average molecular weight is 331 g/mol. The van der Waals surface area contributed by atoms with Crippen molar-refractivity contribution >= 4 is 28.7 Å². The lowest BCUT2D eigenvalue weighted by molar-refractivity contribution is -0.132. The Bertz CT molecular complexity index is 636. The van der Waals surface area contributed by atoms with Gasteiger partial charge in [-0.25, -0.2) is 4.98 Å². The van der Waals surface area contributed by atoms with E-state index in [1.165, 1.54) is 6.42 Å². The number of benzene rings is 1. The van der Waals surface area contributed by atoms with Gasteiger partial charge in [-0.05, 0) is 44.7 Å². The molecule has 1 aromatic carbocycles. The summed E-state index contributed by atoms with van der Waals surface area (Å²) in [5.41, 5.74) is 2.05. The normalized spacial score (nSPS) is 19.9. The number of rotatable bonds is 5. The first-order chi connectivity index (χ1) is 11.2. The van der Waals surface area contributed by atoms with E-state index in [1.807, 2.05) is 24.3 Å². The van der Waals surface area contributed by atoms with E-state index >= 15 is 0 Å². The predicted molar refractivity (Wildman–Crippen MR) is 96.6 cm³/mol. The molecule has 5 heteroatoms. The topological polar surface area (TPSA) is 49.0 Å². The van der Waals surface area contributed by atoms with Crippen molar-refractivity contribution in [1.29, 1.82) is 0 Å². The summed E-state index contributed by atoms with van der Waals surface area (Å²) >= 11 is 1.67. The van der Waals surface area contributed by atoms with E-state index in [2.05, 4.69) is 28.7 Å². The molecule has 1 aliphatic heterocycles. The number of amides is 1. The van der Waals surface area contributed by atoms with Gasteiger partial charge in [0, 0.05) is 12.6 Å². The lowest BCUT2D eigenvalue weighted by atomic mass is 10.0. The highest BCUT2D eigenvalue weighted by molar-refractivity contribution is 8.00. The zero-order valence-corrected chi connectivity index (χ0v) is 14.7. The zero-order valence-electron chi connectivity index (χ0n) is 13.9. The lowest BCUT2D eigenvalue weighted by Crippen LogP contribution is -2.44. The SMILES string of the molecule is CCC1CCCCN1C(=O)CSC(C)c1nc2ccccc2[nH]1. The maximum absolute atomic E-state index is 12.5. The van der Waals surface area contributed by atoms with E-state index in [1.54, 1.807) is 11.8 Å². The van der Waals surface area contributed by atoms with Crippen molar-refractivity contribution in [3.05, 3.63) is 30.1 Å². The summed E-state index contributed by atoms with van der Waals surface area (Å²) in [6.07, 6.45) is 4.62. The second-order valence-corrected chi connectivity index (χ2v) is 7.57. The Morgan fingerprint density at radius 1 is 1.43 bits per heavy atom. The maximum Gasteiger partial charge on any atom is 0.232 e. The molecule has 0 saturated carbocycles. The van der Waals surface area contributed by atoms with E-state index in [4.69, 9.17) is 0 Å². The van der Waals surface area contributed by atoms with Gasteiger partial charge >= 0.3 is 0 Å². The lowest BCUT2D eigenvalue weighted by Gasteiger charge is -2.35. The van der Waals surface area contributed by atoms with Crippen molar-refractivity contribution in [2.24, 2.45) is 0 Å². The number of aromatic amines is 1. The van der Waals surface area contributed by atoms with Crippen LogP contribution in [0.15, 0.2) is 24.3 Å². The van der Waals surface area contributed by atoms with Gasteiger partial charge in [0.1, 0.15) is 5.82 Å². The highest BCUT2D eigenvalue weighted by atomic mass is 32.2. The fourth-order valence-corrected chi connectivity index (χ4v) is 4.10. The molecule has 1 aliphatic rings. The smallest absolute Gasteiger partial charge is 0.232 e. The van der Waals surface area contributed by atoms with Gasteiger partial charge in [-0.3, -0.25) is 4.79 Å². The summed E-state index contributed by atoms with van der Waals surface area (Å²) < 4.78 is 0. The molecule has 124 valence electrons. The number of piperidine rings is 1. The Morgan fingerprint density at radius 3 is 3.04 bits per heavy atom. The van der Waals surface area contributed by atoms with Crippen LogP contribution < -0.4 is 0 Å². The first kappa shape index (κ1) is 16.4. The van der Waals surface area contributed by atoms with E-state index in [-0.39, 0.29) is 11.2 Å². The van der Waals surface area contributed by atoms with E-state index < -0.39 is 0 Å². The number of carbonyl (C=O) groups is 1. The molecule has 0 spiro atoms. The van der Waals surface area contributed by atoms with Crippen LogP contribution in [-0.2, 0) is 4.79 Å². The fourth-order valence-electron chi connectivity index (χ4n) is 3.28. The highest BCUT2D eigenvalue weighted by Gasteiger charge is 2.25. The zero-order chi connectivity index (χ0) is 16.2. The molecule has 23 heavy (non-hydrogen) atoms. The first-order valence-electron chi connectivity index (χ1n) is 8.54. The Labute approximate surface area is 142 Å². The molecule has 1 N–H and O–H groups in total. The summed E-state index contributed by atoms with van der Waals surface area (Å²) in [4.78, 5) is 22.6.